The number of nitrogens with two attached hydrogens (primary N) is 3. The smallest absolute Gasteiger partial charge is 0.328 e. The minimum absolute atomic E-state index is 0.0104. The van der Waals surface area contributed by atoms with Crippen molar-refractivity contribution in [3.05, 3.63) is 29.8 Å². The van der Waals surface area contributed by atoms with Gasteiger partial charge >= 0.3 is 5.97 Å². The molecule has 14 nitrogen and oxygen atoms in total. The average Bonchev–Trinajstić information content (AvgIpc) is 2.83. The molecule has 0 aliphatic heterocycles. The third-order valence-electron chi connectivity index (χ3n) is 5.61. The van der Waals surface area contributed by atoms with Gasteiger partial charge in [-0.3, -0.25) is 19.4 Å². The quantitative estimate of drug-likeness (QED) is 0.0668. The molecule has 0 saturated heterocycles. The van der Waals surface area contributed by atoms with Crippen molar-refractivity contribution in [3.8, 4) is 5.75 Å². The summed E-state index contributed by atoms with van der Waals surface area (Å²) in [6.07, 6.45) is -0.709. The number of nitrogens with zero attached hydrogens (tertiary/aromatic N) is 1. The average molecular weight is 538 g/mol. The Morgan fingerprint density at radius 2 is 1.50 bits per heavy atom. The van der Waals surface area contributed by atoms with Crippen LogP contribution in [0, 0.1) is 5.92 Å². The Balaban J connectivity index is 3.06. The zero-order chi connectivity index (χ0) is 29.0. The number of phenolic OH excluding ortho intramolecular Hbond substituents is 1. The van der Waals surface area contributed by atoms with E-state index in [9.17, 15) is 34.5 Å². The lowest BCUT2D eigenvalue weighted by molar-refractivity contribution is -0.145. The predicted molar refractivity (Wildman–Crippen MR) is 140 cm³/mol. The molecule has 0 heterocycles. The molecule has 0 spiro atoms. The zero-order valence-corrected chi connectivity index (χ0v) is 21.8. The highest BCUT2D eigenvalue weighted by molar-refractivity contribution is 5.94. The number of amides is 3. The molecule has 5 atom stereocenters. The standard InChI is InChI=1S/C24H39N7O7/c1-12(2)18(22(36)31-19(13(3)32)23(37)38)30-21(35)17(11-14-6-8-15(33)9-7-14)29-20(34)16(25)5-4-10-28-24(26)27/h6-9,12-13,16-19,32-33H,4-5,10-11,25H2,1-3H3,(H,29,34)(H,30,35)(H,31,36)(H,37,38)(H4,26,27,28). The van der Waals surface area contributed by atoms with Gasteiger partial charge in [0.15, 0.2) is 12.0 Å². The lowest BCUT2D eigenvalue weighted by Gasteiger charge is -2.27. The van der Waals surface area contributed by atoms with Gasteiger partial charge in [0.2, 0.25) is 17.7 Å². The second-order valence-electron chi connectivity index (χ2n) is 9.28. The number of rotatable bonds is 15. The molecule has 1 aromatic rings. The number of aliphatic hydroxyl groups is 1. The summed E-state index contributed by atoms with van der Waals surface area (Å²) in [6, 6.07) is 1.12. The molecule has 0 saturated carbocycles. The molecule has 0 aromatic heterocycles. The summed E-state index contributed by atoms with van der Waals surface area (Å²) < 4.78 is 0. The molecule has 14 heteroatoms. The minimum Gasteiger partial charge on any atom is -0.508 e. The number of guanidine groups is 1. The number of benzene rings is 1. The van der Waals surface area contributed by atoms with E-state index in [1.807, 2.05) is 0 Å². The number of hydrogen-bond donors (Lipinski definition) is 9. The molecule has 38 heavy (non-hydrogen) atoms. The van der Waals surface area contributed by atoms with E-state index in [2.05, 4.69) is 20.9 Å². The Labute approximate surface area is 221 Å². The SMILES string of the molecule is CC(C)C(NC(=O)C(Cc1ccc(O)cc1)NC(=O)C(N)CCCN=C(N)N)C(=O)NC(C(=O)O)C(C)O. The first kappa shape index (κ1) is 32.1. The number of carboxylic acid groups (broad SMARTS) is 1. The summed E-state index contributed by atoms with van der Waals surface area (Å²) in [5.74, 6) is -4.10. The van der Waals surface area contributed by atoms with Gasteiger partial charge in [-0.2, -0.15) is 0 Å². The fraction of sp³-hybridized carbons (Fsp3) is 0.542. The van der Waals surface area contributed by atoms with E-state index in [4.69, 9.17) is 17.2 Å². The molecule has 1 aromatic carbocycles. The number of carboxylic acids is 1. The van der Waals surface area contributed by atoms with Gasteiger partial charge in [-0.25, -0.2) is 4.79 Å². The van der Waals surface area contributed by atoms with Gasteiger partial charge in [0.1, 0.15) is 17.8 Å². The number of aliphatic hydroxyl groups excluding tert-OH is 1. The first-order chi connectivity index (χ1) is 17.7. The van der Waals surface area contributed by atoms with Crippen molar-refractivity contribution in [2.75, 3.05) is 6.54 Å². The molecule has 12 N–H and O–H groups in total. The predicted octanol–water partition coefficient (Wildman–Crippen LogP) is -2.11. The van der Waals surface area contributed by atoms with Crippen molar-refractivity contribution in [2.45, 2.75) is 70.3 Å². The molecule has 0 aliphatic rings. The fourth-order valence-electron chi connectivity index (χ4n) is 3.43. The summed E-state index contributed by atoms with van der Waals surface area (Å²) in [4.78, 5) is 54.1. The van der Waals surface area contributed by atoms with Gasteiger partial charge in [-0.05, 0) is 43.4 Å². The van der Waals surface area contributed by atoms with Crippen molar-refractivity contribution < 1.29 is 34.5 Å². The van der Waals surface area contributed by atoms with Crippen molar-refractivity contribution >= 4 is 29.7 Å². The van der Waals surface area contributed by atoms with E-state index in [0.29, 0.717) is 12.0 Å². The van der Waals surface area contributed by atoms with E-state index < -0.39 is 59.9 Å². The van der Waals surface area contributed by atoms with Crippen LogP contribution in [0.4, 0.5) is 0 Å². The maximum Gasteiger partial charge on any atom is 0.328 e. The lowest BCUT2D eigenvalue weighted by Crippen LogP contribution is -2.59. The molecular weight excluding hydrogens is 498 g/mol. The first-order valence-electron chi connectivity index (χ1n) is 12.1. The Hall–Kier alpha value is -3.91. The number of phenols is 1. The largest absolute Gasteiger partial charge is 0.508 e. The number of carbonyl (C=O) groups is 4. The fourth-order valence-corrected chi connectivity index (χ4v) is 3.43. The van der Waals surface area contributed by atoms with E-state index in [-0.39, 0.29) is 31.1 Å². The number of aliphatic carboxylic acids is 1. The molecule has 0 radical (unpaired) electrons. The molecule has 1 rings (SSSR count). The Morgan fingerprint density at radius 1 is 0.921 bits per heavy atom. The van der Waals surface area contributed by atoms with Crippen LogP contribution in [0.3, 0.4) is 0 Å². The van der Waals surface area contributed by atoms with Crippen LogP contribution in [0.5, 0.6) is 5.75 Å². The number of nitrogens with one attached hydrogen (secondary N) is 3. The van der Waals surface area contributed by atoms with Crippen LogP contribution in [-0.2, 0) is 25.6 Å². The van der Waals surface area contributed by atoms with Crippen molar-refractivity contribution in [3.63, 3.8) is 0 Å². The third-order valence-corrected chi connectivity index (χ3v) is 5.61. The molecule has 0 fully saturated rings. The second-order valence-corrected chi connectivity index (χ2v) is 9.28. The zero-order valence-electron chi connectivity index (χ0n) is 21.8. The summed E-state index contributed by atoms with van der Waals surface area (Å²) in [6.45, 7) is 4.77. The highest BCUT2D eigenvalue weighted by Gasteiger charge is 2.33. The second kappa shape index (κ2) is 15.4. The van der Waals surface area contributed by atoms with E-state index in [1.54, 1.807) is 26.0 Å². The summed E-state index contributed by atoms with van der Waals surface area (Å²) in [5.41, 5.74) is 17.1. The summed E-state index contributed by atoms with van der Waals surface area (Å²) >= 11 is 0. The monoisotopic (exact) mass is 537 g/mol. The number of hydrogen-bond acceptors (Lipinski definition) is 8. The van der Waals surface area contributed by atoms with Crippen molar-refractivity contribution in [1.82, 2.24) is 16.0 Å². The lowest BCUT2D eigenvalue weighted by atomic mass is 10.00. The minimum atomic E-state index is -1.58. The number of carbonyl (C=O) groups excluding carboxylic acids is 3. The van der Waals surface area contributed by atoms with Gasteiger partial charge in [-0.1, -0.05) is 26.0 Å². The first-order valence-corrected chi connectivity index (χ1v) is 12.1. The van der Waals surface area contributed by atoms with Crippen LogP contribution in [0.15, 0.2) is 29.3 Å². The number of aromatic hydroxyl groups is 1. The highest BCUT2D eigenvalue weighted by atomic mass is 16.4. The van der Waals surface area contributed by atoms with Crippen LogP contribution in [0.2, 0.25) is 0 Å². The number of aliphatic imine (C=N–C) groups is 1. The van der Waals surface area contributed by atoms with Gasteiger partial charge in [0, 0.05) is 13.0 Å². The van der Waals surface area contributed by atoms with Crippen molar-refractivity contribution in [2.24, 2.45) is 28.1 Å². The van der Waals surface area contributed by atoms with Crippen LogP contribution >= 0.6 is 0 Å². The van der Waals surface area contributed by atoms with E-state index >= 15 is 0 Å². The Bertz CT molecular complexity index is 979. The molecule has 212 valence electrons. The summed E-state index contributed by atoms with van der Waals surface area (Å²) in [7, 11) is 0. The third kappa shape index (κ3) is 11.0. The van der Waals surface area contributed by atoms with Crippen LogP contribution in [-0.4, -0.2) is 81.8 Å². The molecule has 5 unspecified atom stereocenters. The Morgan fingerprint density at radius 3 is 2.00 bits per heavy atom. The van der Waals surface area contributed by atoms with Crippen LogP contribution < -0.4 is 33.2 Å². The maximum atomic E-state index is 13.3. The molecule has 0 aliphatic carbocycles. The van der Waals surface area contributed by atoms with E-state index in [1.165, 1.54) is 19.1 Å². The van der Waals surface area contributed by atoms with Crippen LogP contribution in [0.1, 0.15) is 39.2 Å². The topological polar surface area (TPSA) is 255 Å². The molecule has 3 amide bonds. The van der Waals surface area contributed by atoms with Gasteiger partial charge < -0.3 is 48.5 Å². The maximum absolute atomic E-state index is 13.3. The van der Waals surface area contributed by atoms with Crippen molar-refractivity contribution in [1.29, 1.82) is 0 Å². The normalized spacial score (nSPS) is 14.9. The molecule has 0 bridgehead atoms. The highest BCUT2D eigenvalue weighted by Crippen LogP contribution is 2.13. The van der Waals surface area contributed by atoms with E-state index in [0.717, 1.165) is 0 Å². The summed E-state index contributed by atoms with van der Waals surface area (Å²) in [5, 5.41) is 35.9. The van der Waals surface area contributed by atoms with Gasteiger partial charge in [-0.15, -0.1) is 0 Å². The van der Waals surface area contributed by atoms with Gasteiger partial charge in [0.25, 0.3) is 0 Å². The Kier molecular flexibility index (Phi) is 13.0. The van der Waals surface area contributed by atoms with Crippen LogP contribution in [0.25, 0.3) is 0 Å². The van der Waals surface area contributed by atoms with Gasteiger partial charge in [0.05, 0.1) is 12.1 Å². The molecular formula is C24H39N7O7.